The Morgan fingerprint density at radius 1 is 1.55 bits per heavy atom. The predicted octanol–water partition coefficient (Wildman–Crippen LogP) is 1.79. The average Bonchev–Trinajstić information content (AvgIpc) is 2.76. The summed E-state index contributed by atoms with van der Waals surface area (Å²) in [4.78, 5) is 12.4. The minimum absolute atomic E-state index is 0.118. The van der Waals surface area contributed by atoms with Crippen LogP contribution in [0.4, 0.5) is 0 Å². The van der Waals surface area contributed by atoms with Gasteiger partial charge in [-0.3, -0.25) is 5.32 Å². The standard InChI is InChI=1S/C15H21NO4/c1-4-19-14(18)15(16-8-10(2)3)9-20-13-7-11(17)5-6-12(13)15/h5-7,10,16-17H,4,8-9H2,1-3H3. The molecule has 2 rings (SSSR count). The highest BCUT2D eigenvalue weighted by Gasteiger charge is 2.48. The van der Waals surface area contributed by atoms with Crippen molar-refractivity contribution in [2.75, 3.05) is 19.8 Å². The number of hydrogen-bond acceptors (Lipinski definition) is 5. The summed E-state index contributed by atoms with van der Waals surface area (Å²) >= 11 is 0. The molecule has 0 spiro atoms. The number of phenols is 1. The number of phenolic OH excluding ortho intramolecular Hbond substituents is 1. The normalized spacial score (nSPS) is 20.6. The molecule has 0 aliphatic carbocycles. The summed E-state index contributed by atoms with van der Waals surface area (Å²) in [6.07, 6.45) is 0. The number of nitrogens with one attached hydrogen (secondary N) is 1. The van der Waals surface area contributed by atoms with Crippen LogP contribution < -0.4 is 10.1 Å². The second kappa shape index (κ2) is 5.71. The zero-order valence-electron chi connectivity index (χ0n) is 12.1. The first-order chi connectivity index (χ1) is 9.49. The summed E-state index contributed by atoms with van der Waals surface area (Å²) in [5, 5.41) is 12.8. The van der Waals surface area contributed by atoms with Crippen molar-refractivity contribution < 1.29 is 19.4 Å². The van der Waals surface area contributed by atoms with Crippen LogP contribution in [0, 0.1) is 5.92 Å². The molecule has 0 fully saturated rings. The van der Waals surface area contributed by atoms with E-state index >= 15 is 0 Å². The molecule has 1 aliphatic rings. The molecule has 2 N–H and O–H groups in total. The van der Waals surface area contributed by atoms with Crippen LogP contribution in [0.2, 0.25) is 0 Å². The van der Waals surface area contributed by atoms with E-state index in [0.29, 0.717) is 24.8 Å². The molecule has 1 aromatic rings. The zero-order valence-corrected chi connectivity index (χ0v) is 12.1. The van der Waals surface area contributed by atoms with Gasteiger partial charge in [0.1, 0.15) is 18.1 Å². The Labute approximate surface area is 118 Å². The molecule has 20 heavy (non-hydrogen) atoms. The second-order valence-electron chi connectivity index (χ2n) is 5.37. The molecule has 1 aliphatic heterocycles. The van der Waals surface area contributed by atoms with Gasteiger partial charge in [-0.2, -0.15) is 0 Å². The van der Waals surface area contributed by atoms with Crippen LogP contribution >= 0.6 is 0 Å². The van der Waals surface area contributed by atoms with Gasteiger partial charge in [-0.1, -0.05) is 13.8 Å². The minimum Gasteiger partial charge on any atom is -0.508 e. The number of fused-ring (bicyclic) bond motifs is 1. The number of aromatic hydroxyl groups is 1. The monoisotopic (exact) mass is 279 g/mol. The molecule has 1 heterocycles. The highest BCUT2D eigenvalue weighted by atomic mass is 16.5. The quantitative estimate of drug-likeness (QED) is 0.804. The fourth-order valence-corrected chi connectivity index (χ4v) is 2.27. The van der Waals surface area contributed by atoms with Gasteiger partial charge in [0.25, 0.3) is 0 Å². The summed E-state index contributed by atoms with van der Waals surface area (Å²) in [7, 11) is 0. The summed E-state index contributed by atoms with van der Waals surface area (Å²) in [6, 6.07) is 4.79. The third-order valence-corrected chi connectivity index (χ3v) is 3.31. The van der Waals surface area contributed by atoms with Crippen molar-refractivity contribution in [3.63, 3.8) is 0 Å². The summed E-state index contributed by atoms with van der Waals surface area (Å²) in [5.74, 6) is 0.689. The van der Waals surface area contributed by atoms with Gasteiger partial charge in [-0.15, -0.1) is 0 Å². The van der Waals surface area contributed by atoms with E-state index in [1.54, 1.807) is 19.1 Å². The highest BCUT2D eigenvalue weighted by molar-refractivity contribution is 5.85. The van der Waals surface area contributed by atoms with Crippen molar-refractivity contribution in [1.29, 1.82) is 0 Å². The third kappa shape index (κ3) is 2.58. The second-order valence-corrected chi connectivity index (χ2v) is 5.37. The molecular weight excluding hydrogens is 258 g/mol. The van der Waals surface area contributed by atoms with Crippen molar-refractivity contribution in [3.05, 3.63) is 23.8 Å². The lowest BCUT2D eigenvalue weighted by atomic mass is 9.91. The van der Waals surface area contributed by atoms with E-state index in [-0.39, 0.29) is 18.3 Å². The molecular formula is C15H21NO4. The molecule has 1 atom stereocenters. The lowest BCUT2D eigenvalue weighted by Gasteiger charge is -2.28. The molecule has 0 bridgehead atoms. The summed E-state index contributed by atoms with van der Waals surface area (Å²) < 4.78 is 10.8. The maximum absolute atomic E-state index is 12.4. The minimum atomic E-state index is -0.983. The number of hydrogen-bond donors (Lipinski definition) is 2. The molecule has 0 amide bonds. The number of esters is 1. The fourth-order valence-electron chi connectivity index (χ4n) is 2.27. The van der Waals surface area contributed by atoms with Gasteiger partial charge in [0.05, 0.1) is 6.61 Å². The van der Waals surface area contributed by atoms with E-state index in [1.165, 1.54) is 6.07 Å². The van der Waals surface area contributed by atoms with Crippen LogP contribution in [-0.4, -0.2) is 30.8 Å². The smallest absolute Gasteiger partial charge is 0.334 e. The Bertz CT molecular complexity index is 501. The predicted molar refractivity (Wildman–Crippen MR) is 74.8 cm³/mol. The number of carbonyl (C=O) groups is 1. The van der Waals surface area contributed by atoms with Crippen LogP contribution in [0.5, 0.6) is 11.5 Å². The first-order valence-electron chi connectivity index (χ1n) is 6.88. The Kier molecular flexibility index (Phi) is 4.18. The van der Waals surface area contributed by atoms with Gasteiger partial charge in [0, 0.05) is 11.6 Å². The van der Waals surface area contributed by atoms with Crippen LogP contribution in [-0.2, 0) is 15.1 Å². The van der Waals surface area contributed by atoms with Crippen LogP contribution in [0.1, 0.15) is 26.3 Å². The van der Waals surface area contributed by atoms with Gasteiger partial charge < -0.3 is 14.6 Å². The maximum atomic E-state index is 12.4. The Morgan fingerprint density at radius 3 is 2.95 bits per heavy atom. The fraction of sp³-hybridized carbons (Fsp3) is 0.533. The summed E-state index contributed by atoms with van der Waals surface area (Å²) in [5.41, 5.74) is -0.266. The van der Waals surface area contributed by atoms with E-state index in [9.17, 15) is 9.90 Å². The molecule has 0 saturated heterocycles. The van der Waals surface area contributed by atoms with Crippen LogP contribution in [0.3, 0.4) is 0 Å². The zero-order chi connectivity index (χ0) is 14.8. The molecule has 0 aromatic heterocycles. The van der Waals surface area contributed by atoms with E-state index in [4.69, 9.17) is 9.47 Å². The van der Waals surface area contributed by atoms with Crippen LogP contribution in [0.25, 0.3) is 0 Å². The highest BCUT2D eigenvalue weighted by Crippen LogP contribution is 2.40. The lowest BCUT2D eigenvalue weighted by Crippen LogP contribution is -2.52. The van der Waals surface area contributed by atoms with E-state index in [2.05, 4.69) is 19.2 Å². The van der Waals surface area contributed by atoms with Gasteiger partial charge in [-0.05, 0) is 31.5 Å². The molecule has 1 aromatic carbocycles. The van der Waals surface area contributed by atoms with Gasteiger partial charge in [0.2, 0.25) is 0 Å². The topological polar surface area (TPSA) is 67.8 Å². The van der Waals surface area contributed by atoms with Crippen molar-refractivity contribution in [2.24, 2.45) is 5.92 Å². The van der Waals surface area contributed by atoms with Crippen molar-refractivity contribution >= 4 is 5.97 Å². The van der Waals surface area contributed by atoms with Crippen LogP contribution in [0.15, 0.2) is 18.2 Å². The third-order valence-electron chi connectivity index (χ3n) is 3.31. The lowest BCUT2D eigenvalue weighted by molar-refractivity contribution is -0.152. The SMILES string of the molecule is CCOC(=O)C1(NCC(C)C)COc2cc(O)ccc21. The molecule has 1 unspecified atom stereocenters. The molecule has 5 heteroatoms. The molecule has 110 valence electrons. The van der Waals surface area contributed by atoms with Gasteiger partial charge in [0.15, 0.2) is 5.54 Å². The van der Waals surface area contributed by atoms with E-state index in [1.807, 2.05) is 0 Å². The van der Waals surface area contributed by atoms with Crippen molar-refractivity contribution in [1.82, 2.24) is 5.32 Å². The van der Waals surface area contributed by atoms with Gasteiger partial charge in [-0.25, -0.2) is 4.79 Å². The molecule has 5 nitrogen and oxygen atoms in total. The number of benzene rings is 1. The van der Waals surface area contributed by atoms with Crippen molar-refractivity contribution in [2.45, 2.75) is 26.3 Å². The van der Waals surface area contributed by atoms with Crippen molar-refractivity contribution in [3.8, 4) is 11.5 Å². The number of rotatable bonds is 5. The first kappa shape index (κ1) is 14.7. The molecule has 0 saturated carbocycles. The van der Waals surface area contributed by atoms with Gasteiger partial charge >= 0.3 is 5.97 Å². The maximum Gasteiger partial charge on any atom is 0.334 e. The molecule has 0 radical (unpaired) electrons. The number of ether oxygens (including phenoxy) is 2. The van der Waals surface area contributed by atoms with E-state index < -0.39 is 5.54 Å². The Morgan fingerprint density at radius 2 is 2.30 bits per heavy atom. The largest absolute Gasteiger partial charge is 0.508 e. The first-order valence-corrected chi connectivity index (χ1v) is 6.88. The van der Waals surface area contributed by atoms with E-state index in [0.717, 1.165) is 5.56 Å². The number of carbonyl (C=O) groups excluding carboxylic acids is 1. The Balaban J connectivity index is 2.37. The summed E-state index contributed by atoms with van der Waals surface area (Å²) in [6.45, 7) is 7.08. The average molecular weight is 279 g/mol. The Hall–Kier alpha value is -1.75.